The smallest absolute Gasteiger partial charge is 0.227 e. The first-order valence-electron chi connectivity index (χ1n) is 8.98. The first-order chi connectivity index (χ1) is 12.0. The molecule has 1 saturated heterocycles. The number of benzene rings is 1. The van der Waals surface area contributed by atoms with Gasteiger partial charge in [0.15, 0.2) is 0 Å². The Morgan fingerprint density at radius 2 is 1.88 bits per heavy atom. The van der Waals surface area contributed by atoms with E-state index in [4.69, 9.17) is 11.6 Å². The largest absolute Gasteiger partial charge is 0.341 e. The fourth-order valence-corrected chi connectivity index (χ4v) is 5.66. The van der Waals surface area contributed by atoms with E-state index in [1.165, 1.54) is 0 Å². The van der Waals surface area contributed by atoms with Crippen LogP contribution in [0.5, 0.6) is 0 Å². The number of nitrogens with zero attached hydrogens (tertiary/aromatic N) is 1. The Morgan fingerprint density at radius 3 is 2.60 bits per heavy atom. The van der Waals surface area contributed by atoms with Crippen molar-refractivity contribution in [2.45, 2.75) is 56.2 Å². The Kier molecular flexibility index (Phi) is 6.02. The molecule has 1 unspecified atom stereocenters. The third kappa shape index (κ3) is 4.74. The Morgan fingerprint density at radius 1 is 1.16 bits per heavy atom. The minimum absolute atomic E-state index is 0.0612. The van der Waals surface area contributed by atoms with Gasteiger partial charge in [0.2, 0.25) is 15.9 Å². The first kappa shape index (κ1) is 18.7. The van der Waals surface area contributed by atoms with E-state index in [0.29, 0.717) is 24.4 Å². The van der Waals surface area contributed by atoms with Crippen molar-refractivity contribution in [3.05, 3.63) is 34.9 Å². The van der Waals surface area contributed by atoms with Gasteiger partial charge in [-0.25, -0.2) is 13.1 Å². The van der Waals surface area contributed by atoms with E-state index in [-0.39, 0.29) is 24.9 Å². The molecule has 1 N–H and O–H groups in total. The molecule has 1 aliphatic heterocycles. The topological polar surface area (TPSA) is 66.5 Å². The summed E-state index contributed by atoms with van der Waals surface area (Å²) < 4.78 is 28.2. The summed E-state index contributed by atoms with van der Waals surface area (Å²) >= 11 is 6.13. The Hall–Kier alpha value is -1.11. The maximum absolute atomic E-state index is 12.7. The van der Waals surface area contributed by atoms with Gasteiger partial charge in [-0.1, -0.05) is 42.6 Å². The summed E-state index contributed by atoms with van der Waals surface area (Å²) in [5.41, 5.74) is 0.781. The number of amides is 1. The van der Waals surface area contributed by atoms with Gasteiger partial charge in [-0.3, -0.25) is 4.79 Å². The number of nitrogens with one attached hydrogen (secondary N) is 1. The second kappa shape index (κ2) is 8.06. The lowest BCUT2D eigenvalue weighted by Gasteiger charge is -2.33. The molecule has 1 atom stereocenters. The summed E-state index contributed by atoms with van der Waals surface area (Å²) in [5, 5.41) is 0.0528. The van der Waals surface area contributed by atoms with Crippen molar-refractivity contribution >= 4 is 27.5 Å². The number of likely N-dealkylation sites (tertiary alicyclic amines) is 1. The van der Waals surface area contributed by atoms with Crippen LogP contribution in [0.15, 0.2) is 24.3 Å². The van der Waals surface area contributed by atoms with Gasteiger partial charge in [0, 0.05) is 24.2 Å². The quantitative estimate of drug-likeness (QED) is 0.848. The highest BCUT2D eigenvalue weighted by molar-refractivity contribution is 7.90. The van der Waals surface area contributed by atoms with Gasteiger partial charge in [-0.15, -0.1) is 0 Å². The van der Waals surface area contributed by atoms with Crippen LogP contribution in [0.1, 0.15) is 44.1 Å². The molecule has 2 aliphatic rings. The average Bonchev–Trinajstić information content (AvgIpc) is 3.09. The number of sulfonamides is 1. The summed E-state index contributed by atoms with van der Waals surface area (Å²) in [5.74, 6) is -0.0612. The standard InChI is InChI=1S/C18H25ClN2O3S/c19-17-10-4-1-6-14(17)12-18(22)21-11-5-9-16(13-21)25(23,24)20-15-7-2-3-8-15/h1,4,6,10,15-16,20H,2-3,5,7-9,11-13H2. The number of piperidine rings is 1. The number of carbonyl (C=O) groups is 1. The van der Waals surface area contributed by atoms with Crippen LogP contribution < -0.4 is 4.72 Å². The van der Waals surface area contributed by atoms with Crippen molar-refractivity contribution in [3.8, 4) is 0 Å². The number of halogens is 1. The van der Waals surface area contributed by atoms with E-state index in [0.717, 1.165) is 31.2 Å². The van der Waals surface area contributed by atoms with Crippen LogP contribution in [-0.4, -0.2) is 43.6 Å². The fourth-order valence-electron chi connectivity index (χ4n) is 3.71. The second-order valence-corrected chi connectivity index (χ2v) is 9.42. The predicted molar refractivity (Wildman–Crippen MR) is 99.1 cm³/mol. The molecule has 7 heteroatoms. The molecule has 2 fully saturated rings. The Bertz CT molecular complexity index is 717. The highest BCUT2D eigenvalue weighted by atomic mass is 35.5. The predicted octanol–water partition coefficient (Wildman–Crippen LogP) is 2.74. The summed E-state index contributed by atoms with van der Waals surface area (Å²) in [6.07, 6.45) is 5.54. The molecule has 1 saturated carbocycles. The molecule has 0 aromatic heterocycles. The Balaban J connectivity index is 1.62. The van der Waals surface area contributed by atoms with Crippen LogP contribution in [0.25, 0.3) is 0 Å². The van der Waals surface area contributed by atoms with Crippen molar-refractivity contribution in [1.82, 2.24) is 9.62 Å². The summed E-state index contributed by atoms with van der Waals surface area (Å²) in [6.45, 7) is 0.879. The lowest BCUT2D eigenvalue weighted by atomic mass is 10.1. The number of hydrogen-bond donors (Lipinski definition) is 1. The van der Waals surface area contributed by atoms with Crippen LogP contribution in [-0.2, 0) is 21.2 Å². The van der Waals surface area contributed by atoms with Gasteiger partial charge < -0.3 is 4.90 Å². The molecule has 0 radical (unpaired) electrons. The maximum atomic E-state index is 12.7. The van der Waals surface area contributed by atoms with Crippen LogP contribution in [0.3, 0.4) is 0 Å². The molecular formula is C18H25ClN2O3S. The molecule has 5 nitrogen and oxygen atoms in total. The lowest BCUT2D eigenvalue weighted by molar-refractivity contribution is -0.131. The normalized spacial score (nSPS) is 22.3. The molecule has 1 amide bonds. The molecule has 3 rings (SSSR count). The van der Waals surface area contributed by atoms with Gasteiger partial charge in [0.1, 0.15) is 0 Å². The van der Waals surface area contributed by atoms with Crippen molar-refractivity contribution in [3.63, 3.8) is 0 Å². The summed E-state index contributed by atoms with van der Waals surface area (Å²) in [4.78, 5) is 14.3. The zero-order valence-electron chi connectivity index (χ0n) is 14.3. The van der Waals surface area contributed by atoms with Crippen molar-refractivity contribution in [2.75, 3.05) is 13.1 Å². The van der Waals surface area contributed by atoms with Crippen molar-refractivity contribution in [2.24, 2.45) is 0 Å². The highest BCUT2D eigenvalue weighted by Gasteiger charge is 2.34. The molecule has 1 aromatic carbocycles. The minimum atomic E-state index is -3.38. The first-order valence-corrected chi connectivity index (χ1v) is 10.9. The lowest BCUT2D eigenvalue weighted by Crippen LogP contribution is -2.50. The third-order valence-electron chi connectivity index (χ3n) is 5.16. The van der Waals surface area contributed by atoms with E-state index in [1.807, 2.05) is 18.2 Å². The van der Waals surface area contributed by atoms with Crippen molar-refractivity contribution in [1.29, 1.82) is 0 Å². The minimum Gasteiger partial charge on any atom is -0.341 e. The molecule has 138 valence electrons. The van der Waals surface area contributed by atoms with E-state index in [2.05, 4.69) is 4.72 Å². The molecule has 0 spiro atoms. The summed E-state index contributed by atoms with van der Waals surface area (Å²) in [7, 11) is -3.38. The zero-order chi connectivity index (χ0) is 17.9. The zero-order valence-corrected chi connectivity index (χ0v) is 15.9. The van der Waals surface area contributed by atoms with E-state index >= 15 is 0 Å². The molecule has 1 aromatic rings. The van der Waals surface area contributed by atoms with Crippen molar-refractivity contribution < 1.29 is 13.2 Å². The van der Waals surface area contributed by atoms with Gasteiger partial charge in [-0.05, 0) is 37.3 Å². The second-order valence-electron chi connectivity index (χ2n) is 7.02. The van der Waals surface area contributed by atoms with E-state index in [1.54, 1.807) is 11.0 Å². The van der Waals surface area contributed by atoms with Gasteiger partial charge in [-0.2, -0.15) is 0 Å². The van der Waals surface area contributed by atoms with Crippen LogP contribution in [0.4, 0.5) is 0 Å². The van der Waals surface area contributed by atoms with Gasteiger partial charge in [0.25, 0.3) is 0 Å². The molecule has 1 heterocycles. The van der Waals surface area contributed by atoms with Crippen LogP contribution in [0, 0.1) is 0 Å². The average molecular weight is 385 g/mol. The van der Waals surface area contributed by atoms with E-state index in [9.17, 15) is 13.2 Å². The number of carbonyl (C=O) groups excluding carboxylic acids is 1. The van der Waals surface area contributed by atoms with E-state index < -0.39 is 15.3 Å². The van der Waals surface area contributed by atoms with Gasteiger partial charge in [0.05, 0.1) is 11.7 Å². The maximum Gasteiger partial charge on any atom is 0.227 e. The van der Waals surface area contributed by atoms with Crippen LogP contribution in [0.2, 0.25) is 5.02 Å². The highest BCUT2D eigenvalue weighted by Crippen LogP contribution is 2.23. The SMILES string of the molecule is O=C(Cc1ccccc1Cl)N1CCCC(S(=O)(=O)NC2CCCC2)C1. The molecular weight excluding hydrogens is 360 g/mol. The summed E-state index contributed by atoms with van der Waals surface area (Å²) in [6, 6.07) is 7.34. The van der Waals surface area contributed by atoms with Crippen LogP contribution >= 0.6 is 11.6 Å². The fraction of sp³-hybridized carbons (Fsp3) is 0.611. The number of hydrogen-bond acceptors (Lipinski definition) is 3. The van der Waals surface area contributed by atoms with Gasteiger partial charge >= 0.3 is 0 Å². The molecule has 1 aliphatic carbocycles. The number of rotatable bonds is 5. The molecule has 0 bridgehead atoms. The molecule has 25 heavy (non-hydrogen) atoms. The third-order valence-corrected chi connectivity index (χ3v) is 7.45. The monoisotopic (exact) mass is 384 g/mol. The Labute approximate surface area is 154 Å².